The van der Waals surface area contributed by atoms with Crippen LogP contribution in [0.1, 0.15) is 23.1 Å². The number of rotatable bonds is 10. The third-order valence-corrected chi connectivity index (χ3v) is 6.48. The van der Waals surface area contributed by atoms with Gasteiger partial charge < -0.3 is 20.1 Å². The molecule has 0 aliphatic carbocycles. The molecule has 206 valence electrons. The van der Waals surface area contributed by atoms with Gasteiger partial charge in [0.1, 0.15) is 17.6 Å². The van der Waals surface area contributed by atoms with E-state index in [0.717, 1.165) is 23.1 Å². The van der Waals surface area contributed by atoms with Crippen molar-refractivity contribution in [3.8, 4) is 11.5 Å². The summed E-state index contributed by atoms with van der Waals surface area (Å²) in [5.74, 6) is -4.76. The standard InChI is InChI=1S/C27H22F6N2O4/c1-38-22-8-7-16(11-20(22)29)26(14-15-5-3-2-4-6-15,35-21(24(34)37)13-23(35)36)17-9-18(28)12-19(10-17)39-27(32,33)25(30)31/h2-12,21,25H,13-14H2,1H3,(H2,34,37)/t21?,26-/m1/s1. The van der Waals surface area contributed by atoms with E-state index in [1.54, 1.807) is 30.3 Å². The van der Waals surface area contributed by atoms with Crippen LogP contribution in [0.3, 0.4) is 0 Å². The van der Waals surface area contributed by atoms with Gasteiger partial charge in [-0.15, -0.1) is 0 Å². The topological polar surface area (TPSA) is 81.9 Å². The summed E-state index contributed by atoms with van der Waals surface area (Å²) in [5.41, 5.74) is 3.88. The molecule has 0 saturated carbocycles. The van der Waals surface area contributed by atoms with E-state index < -0.39 is 53.3 Å². The lowest BCUT2D eigenvalue weighted by Gasteiger charge is -2.53. The predicted octanol–water partition coefficient (Wildman–Crippen LogP) is 4.78. The van der Waals surface area contributed by atoms with Crippen molar-refractivity contribution in [2.75, 3.05) is 7.11 Å². The van der Waals surface area contributed by atoms with Crippen molar-refractivity contribution in [1.82, 2.24) is 4.90 Å². The number of likely N-dealkylation sites (tertiary alicyclic amines) is 1. The monoisotopic (exact) mass is 552 g/mol. The summed E-state index contributed by atoms with van der Waals surface area (Å²) in [6.45, 7) is 0. The fourth-order valence-corrected chi connectivity index (χ4v) is 4.73. The smallest absolute Gasteiger partial charge is 0.461 e. The van der Waals surface area contributed by atoms with Crippen molar-refractivity contribution >= 4 is 11.8 Å². The molecule has 1 heterocycles. The molecule has 1 saturated heterocycles. The van der Waals surface area contributed by atoms with Gasteiger partial charge in [0, 0.05) is 12.5 Å². The Kier molecular flexibility index (Phi) is 7.49. The van der Waals surface area contributed by atoms with E-state index in [0.29, 0.717) is 11.6 Å². The number of benzene rings is 3. The molecule has 2 atom stereocenters. The molecule has 1 fully saturated rings. The van der Waals surface area contributed by atoms with Crippen LogP contribution < -0.4 is 15.2 Å². The average molecular weight is 552 g/mol. The fourth-order valence-electron chi connectivity index (χ4n) is 4.73. The second-order valence-corrected chi connectivity index (χ2v) is 8.90. The SMILES string of the molecule is COc1ccc([C@](Cc2ccccc2)(c2cc(F)cc(OC(F)(F)C(F)F)c2)N2C(=O)CC2C(N)=O)cc1F. The minimum atomic E-state index is -4.97. The lowest BCUT2D eigenvalue weighted by atomic mass is 9.73. The molecule has 1 aliphatic heterocycles. The molecular formula is C27H22F6N2O4. The first kappa shape index (κ1) is 27.8. The van der Waals surface area contributed by atoms with Crippen LogP contribution in [0.25, 0.3) is 0 Å². The summed E-state index contributed by atoms with van der Waals surface area (Å²) in [6.07, 6.45) is -9.73. The van der Waals surface area contributed by atoms with E-state index in [1.807, 2.05) is 0 Å². The molecule has 2 amide bonds. The maximum atomic E-state index is 15.0. The number of hydrogen-bond donors (Lipinski definition) is 1. The van der Waals surface area contributed by atoms with Gasteiger partial charge in [0.15, 0.2) is 11.6 Å². The molecule has 2 N–H and O–H groups in total. The number of methoxy groups -OCH3 is 1. The number of nitrogens with zero attached hydrogens (tertiary/aromatic N) is 1. The molecule has 6 nitrogen and oxygen atoms in total. The molecule has 0 aromatic heterocycles. The highest BCUT2D eigenvalue weighted by atomic mass is 19.3. The molecule has 0 radical (unpaired) electrons. The zero-order valence-electron chi connectivity index (χ0n) is 20.3. The van der Waals surface area contributed by atoms with E-state index in [2.05, 4.69) is 4.74 Å². The second-order valence-electron chi connectivity index (χ2n) is 8.90. The molecule has 0 bridgehead atoms. The maximum Gasteiger partial charge on any atom is 0.461 e. The van der Waals surface area contributed by atoms with Gasteiger partial charge >= 0.3 is 12.5 Å². The molecule has 12 heteroatoms. The Morgan fingerprint density at radius 3 is 2.31 bits per heavy atom. The van der Waals surface area contributed by atoms with Crippen LogP contribution in [-0.2, 0) is 21.5 Å². The molecule has 1 unspecified atom stereocenters. The minimum Gasteiger partial charge on any atom is -0.494 e. The van der Waals surface area contributed by atoms with Crippen molar-refractivity contribution in [3.05, 3.63) is 95.1 Å². The Labute approximate surface area is 218 Å². The number of amides is 2. The van der Waals surface area contributed by atoms with Crippen LogP contribution in [0, 0.1) is 11.6 Å². The van der Waals surface area contributed by atoms with Crippen LogP contribution in [0.15, 0.2) is 66.7 Å². The Balaban J connectivity index is 2.04. The number of carbonyl (C=O) groups is 2. The normalized spacial score (nSPS) is 17.0. The number of carbonyl (C=O) groups excluding carboxylic acids is 2. The highest BCUT2D eigenvalue weighted by Crippen LogP contribution is 2.47. The van der Waals surface area contributed by atoms with Gasteiger partial charge in [-0.1, -0.05) is 36.4 Å². The number of hydrogen-bond acceptors (Lipinski definition) is 4. The fraction of sp³-hybridized carbons (Fsp3) is 0.259. The van der Waals surface area contributed by atoms with Gasteiger partial charge in [-0.3, -0.25) is 9.59 Å². The lowest BCUT2D eigenvalue weighted by molar-refractivity contribution is -0.253. The van der Waals surface area contributed by atoms with Gasteiger partial charge in [0.25, 0.3) is 0 Å². The van der Waals surface area contributed by atoms with E-state index >= 15 is 4.39 Å². The highest BCUT2D eigenvalue weighted by Gasteiger charge is 2.54. The predicted molar refractivity (Wildman–Crippen MR) is 126 cm³/mol. The third kappa shape index (κ3) is 5.23. The van der Waals surface area contributed by atoms with Crippen molar-refractivity contribution in [3.63, 3.8) is 0 Å². The van der Waals surface area contributed by atoms with Crippen LogP contribution in [0.4, 0.5) is 26.3 Å². The van der Waals surface area contributed by atoms with Gasteiger partial charge in [-0.2, -0.15) is 17.6 Å². The third-order valence-electron chi connectivity index (χ3n) is 6.48. The summed E-state index contributed by atoms with van der Waals surface area (Å²) in [6, 6.07) is 12.8. The number of halogens is 6. The number of β-lactam (4-membered cyclic amide) rings is 1. The molecule has 3 aromatic rings. The Bertz CT molecular complexity index is 1390. The lowest BCUT2D eigenvalue weighted by Crippen LogP contribution is -2.67. The largest absolute Gasteiger partial charge is 0.494 e. The summed E-state index contributed by atoms with van der Waals surface area (Å²) >= 11 is 0. The summed E-state index contributed by atoms with van der Waals surface area (Å²) in [4.78, 5) is 26.4. The zero-order valence-corrected chi connectivity index (χ0v) is 20.3. The Morgan fingerprint density at radius 1 is 1.05 bits per heavy atom. The van der Waals surface area contributed by atoms with Gasteiger partial charge in [0.2, 0.25) is 11.8 Å². The molecular weight excluding hydrogens is 530 g/mol. The van der Waals surface area contributed by atoms with E-state index in [4.69, 9.17) is 10.5 Å². The Morgan fingerprint density at radius 2 is 1.74 bits per heavy atom. The van der Waals surface area contributed by atoms with Gasteiger partial charge in [0.05, 0.1) is 19.1 Å². The number of alkyl halides is 4. The first-order chi connectivity index (χ1) is 18.4. The number of nitrogens with two attached hydrogens (primary N) is 1. The summed E-state index contributed by atoms with van der Waals surface area (Å²) < 4.78 is 92.4. The maximum absolute atomic E-state index is 15.0. The van der Waals surface area contributed by atoms with Crippen molar-refractivity contribution in [2.45, 2.75) is 37.0 Å². The van der Waals surface area contributed by atoms with E-state index in [-0.39, 0.29) is 29.7 Å². The molecule has 4 rings (SSSR count). The van der Waals surface area contributed by atoms with Crippen molar-refractivity contribution in [1.29, 1.82) is 0 Å². The Hall–Kier alpha value is -4.22. The van der Waals surface area contributed by atoms with Gasteiger partial charge in [-0.05, 0) is 41.0 Å². The second kappa shape index (κ2) is 10.5. The van der Waals surface area contributed by atoms with Crippen LogP contribution in [-0.4, -0.2) is 42.4 Å². The average Bonchev–Trinajstić information content (AvgIpc) is 2.86. The van der Waals surface area contributed by atoms with E-state index in [1.165, 1.54) is 19.2 Å². The summed E-state index contributed by atoms with van der Waals surface area (Å²) in [5, 5.41) is 0. The number of primary amides is 1. The zero-order chi connectivity index (χ0) is 28.5. The van der Waals surface area contributed by atoms with Crippen LogP contribution in [0.2, 0.25) is 0 Å². The minimum absolute atomic E-state index is 0.00104. The molecule has 1 aliphatic rings. The van der Waals surface area contributed by atoms with E-state index in [9.17, 15) is 31.5 Å². The van der Waals surface area contributed by atoms with Crippen LogP contribution >= 0.6 is 0 Å². The highest BCUT2D eigenvalue weighted by molar-refractivity contribution is 5.97. The van der Waals surface area contributed by atoms with Crippen molar-refractivity contribution < 1.29 is 45.4 Å². The summed E-state index contributed by atoms with van der Waals surface area (Å²) in [7, 11) is 1.22. The number of ether oxygens (including phenoxy) is 2. The van der Waals surface area contributed by atoms with Crippen molar-refractivity contribution in [2.24, 2.45) is 5.73 Å². The van der Waals surface area contributed by atoms with Crippen LogP contribution in [0.5, 0.6) is 11.5 Å². The quantitative estimate of drug-likeness (QED) is 0.290. The first-order valence-corrected chi connectivity index (χ1v) is 11.5. The molecule has 3 aromatic carbocycles. The molecule has 39 heavy (non-hydrogen) atoms. The molecule has 0 spiro atoms. The first-order valence-electron chi connectivity index (χ1n) is 11.5. The van der Waals surface area contributed by atoms with Gasteiger partial charge in [-0.25, -0.2) is 8.78 Å².